The maximum Gasteiger partial charge on any atom is 0.153 e. The van der Waals surface area contributed by atoms with Gasteiger partial charge in [0.25, 0.3) is 0 Å². The fourth-order valence-corrected chi connectivity index (χ4v) is 7.76. The molecule has 20 heteroatoms. The van der Waals surface area contributed by atoms with Gasteiger partial charge >= 0.3 is 0 Å². The summed E-state index contributed by atoms with van der Waals surface area (Å²) in [7, 11) is 3.63. The molecular weight excluding hydrogens is 1040 g/mol. The first kappa shape index (κ1) is 63.0. The lowest BCUT2D eigenvalue weighted by Gasteiger charge is -2.23. The Morgan fingerprint density at radius 1 is 0.529 bits per heavy atom. The van der Waals surface area contributed by atoms with Crippen molar-refractivity contribution in [1.82, 2.24) is 16.0 Å². The molecule has 0 aliphatic carbocycles. The number of ether oxygens (including phenoxy) is 4. The number of nitrogens with zero attached hydrogens (tertiary/aromatic N) is 3. The van der Waals surface area contributed by atoms with E-state index in [1.54, 1.807) is 18.4 Å². The number of fused-ring (bicyclic) bond motifs is 3. The van der Waals surface area contributed by atoms with Crippen molar-refractivity contribution in [1.29, 1.82) is 0 Å². The second-order valence-corrected chi connectivity index (χ2v) is 16.3. The summed E-state index contributed by atoms with van der Waals surface area (Å²) >= 11 is 1.70. The number of amidine groups is 3. The Balaban J connectivity index is 0.000000504. The average Bonchev–Trinajstić information content (AvgIpc) is 3.84. The van der Waals surface area contributed by atoms with Crippen molar-refractivity contribution < 1.29 is 18.9 Å². The molecule has 1 aromatic heterocycles. The highest BCUT2D eigenvalue weighted by Gasteiger charge is 2.22. The second-order valence-electron chi connectivity index (χ2n) is 15.5. The van der Waals surface area contributed by atoms with Gasteiger partial charge in [-0.05, 0) is 127 Å². The van der Waals surface area contributed by atoms with Gasteiger partial charge in [0.15, 0.2) is 18.3 Å². The van der Waals surface area contributed by atoms with E-state index in [9.17, 15) is 0 Å². The van der Waals surface area contributed by atoms with Crippen LogP contribution in [0.15, 0.2) is 141 Å². The van der Waals surface area contributed by atoms with Gasteiger partial charge in [0.1, 0.15) is 57.6 Å². The number of aliphatic imine (C=N–C) groups is 3. The zero-order valence-electron chi connectivity index (χ0n) is 39.3. The quantitative estimate of drug-likeness (QED) is 0.0688. The summed E-state index contributed by atoms with van der Waals surface area (Å²) in [6.45, 7) is 8.87. The van der Waals surface area contributed by atoms with Crippen LogP contribution in [0.3, 0.4) is 0 Å². The lowest BCUT2D eigenvalue weighted by molar-refractivity contribution is 0.281. The van der Waals surface area contributed by atoms with E-state index in [1.165, 1.54) is 22.3 Å². The first-order chi connectivity index (χ1) is 31.1. The molecule has 70 heavy (non-hydrogen) atoms. The topological polar surface area (TPSA) is 188 Å². The minimum Gasteiger partial charge on any atom is -0.497 e. The predicted octanol–water partition coefficient (Wildman–Crippen LogP) is 10.9. The van der Waals surface area contributed by atoms with E-state index in [-0.39, 0.29) is 98.8 Å². The molecule has 0 fully saturated rings. The van der Waals surface area contributed by atoms with Gasteiger partial charge in [-0.2, -0.15) is 11.3 Å². The number of thiophene rings is 1. The predicted molar refractivity (Wildman–Crippen MR) is 303 cm³/mol. The molecule has 380 valence electrons. The summed E-state index contributed by atoms with van der Waals surface area (Å²) in [5.74, 6) is 4.79. The summed E-state index contributed by atoms with van der Waals surface area (Å²) < 4.78 is 22.3. The minimum atomic E-state index is -0.165. The van der Waals surface area contributed by atoms with Crippen molar-refractivity contribution in [3.63, 3.8) is 0 Å². The van der Waals surface area contributed by atoms with Crippen LogP contribution in [-0.4, -0.2) is 50.0 Å². The summed E-state index contributed by atoms with van der Waals surface area (Å²) in [6, 6.07) is 38.8. The van der Waals surface area contributed by atoms with Crippen LogP contribution >= 0.6 is 85.8 Å². The molecule has 4 atom stereocenters. The molecule has 5 aromatic carbocycles. The molecular formula is C50H63Cl6N9O4S. The van der Waals surface area contributed by atoms with Crippen molar-refractivity contribution in [2.45, 2.75) is 71.3 Å². The van der Waals surface area contributed by atoms with Crippen LogP contribution < -0.4 is 52.1 Å². The molecule has 0 saturated heterocycles. The molecule has 4 unspecified atom stereocenters. The molecule has 0 radical (unpaired) electrons. The van der Waals surface area contributed by atoms with E-state index < -0.39 is 0 Å². The Morgan fingerprint density at radius 2 is 0.943 bits per heavy atom. The van der Waals surface area contributed by atoms with Crippen molar-refractivity contribution in [3.8, 4) is 23.0 Å². The van der Waals surface area contributed by atoms with E-state index in [2.05, 4.69) is 84.2 Å². The molecule has 4 heterocycles. The average molecular weight is 1100 g/mol. The van der Waals surface area contributed by atoms with E-state index in [1.807, 2.05) is 101 Å². The Morgan fingerprint density at radius 3 is 1.37 bits per heavy atom. The fourth-order valence-electron chi connectivity index (χ4n) is 7.07. The van der Waals surface area contributed by atoms with E-state index in [0.717, 1.165) is 77.4 Å². The van der Waals surface area contributed by atoms with Crippen LogP contribution in [0.25, 0.3) is 0 Å². The first-order valence-corrected chi connectivity index (χ1v) is 22.2. The first-order valence-electron chi connectivity index (χ1n) is 21.3. The zero-order valence-corrected chi connectivity index (χ0v) is 45.0. The van der Waals surface area contributed by atoms with Gasteiger partial charge in [-0.25, -0.2) is 15.0 Å². The Bertz CT molecular complexity index is 2590. The number of hydrogen-bond acceptors (Lipinski definition) is 14. The monoisotopic (exact) mass is 1100 g/mol. The van der Waals surface area contributed by atoms with Crippen molar-refractivity contribution >= 4 is 120 Å². The number of methoxy groups -OCH3 is 1. The largest absolute Gasteiger partial charge is 0.497 e. The molecule has 3 aliphatic heterocycles. The molecule has 0 amide bonds. The lowest BCUT2D eigenvalue weighted by Crippen LogP contribution is -2.33. The minimum absolute atomic E-state index is 0. The highest BCUT2D eigenvalue weighted by molar-refractivity contribution is 7.08. The smallest absolute Gasteiger partial charge is 0.153 e. The maximum absolute atomic E-state index is 5.86. The normalized spacial score (nSPS) is 15.8. The van der Waals surface area contributed by atoms with E-state index in [0.29, 0.717) is 17.5 Å². The fraction of sp³-hybridized carbons (Fsp3) is 0.260. The molecule has 3 aliphatic rings. The van der Waals surface area contributed by atoms with Crippen LogP contribution in [0.4, 0.5) is 17.1 Å². The van der Waals surface area contributed by atoms with Gasteiger partial charge in [-0.15, -0.1) is 74.4 Å². The molecule has 0 bridgehead atoms. The van der Waals surface area contributed by atoms with Gasteiger partial charge in [0, 0.05) is 26.2 Å². The second kappa shape index (κ2) is 30.7. The zero-order chi connectivity index (χ0) is 45.0. The standard InChI is InChI=1S/C18H21N3O2.C17H19N3O.C15H17N3OS.6ClH/c1-12-18(19)21-16-9-14(5-8-17(16)23-12)11-20-10-13-3-6-15(22-2)7-4-13;1-12-17(18)20-15-9-14(7-8-16(15)21-12)11-19-10-13-5-3-2-4-6-13;1-9-15(16)18-12-7-10(3-4-13(12)19-9)14(17-2)11-5-6-20-8-11;;;;;;/h3-9,12,20H,10-11H2,1-2H3,(H2,19,21);2-9,12,19H,10-11H2,1H3,(H2,18,20);3-9,14,17H,1-2H3,(H2,16,18);6*1H. The number of nitrogens with one attached hydrogen (secondary N) is 3. The lowest BCUT2D eigenvalue weighted by atomic mass is 10.0. The number of nitrogens with two attached hydrogens (primary N) is 3. The number of hydrogen-bond donors (Lipinski definition) is 6. The summed E-state index contributed by atoms with van der Waals surface area (Å²) in [5.41, 5.74) is 27.1. The molecule has 9 N–H and O–H groups in total. The highest BCUT2D eigenvalue weighted by Crippen LogP contribution is 2.37. The summed E-state index contributed by atoms with van der Waals surface area (Å²) in [5, 5.41) is 14.4. The third kappa shape index (κ3) is 17.1. The highest BCUT2D eigenvalue weighted by atomic mass is 35.5. The van der Waals surface area contributed by atoms with Crippen molar-refractivity contribution in [3.05, 3.63) is 159 Å². The van der Waals surface area contributed by atoms with Gasteiger partial charge < -0.3 is 52.1 Å². The summed E-state index contributed by atoms with van der Waals surface area (Å²) in [4.78, 5) is 13.2. The summed E-state index contributed by atoms with van der Waals surface area (Å²) in [6.07, 6.45) is -0.480. The maximum atomic E-state index is 5.86. The SMILES string of the molecule is CC1Oc2ccc(CNCc3ccccc3)cc2N=C1N.CNC(c1ccsc1)c1ccc2c(c1)N=C(N)C(C)O2.COc1ccc(CNCc2ccc3c(c2)N=C(N)C(C)O3)cc1.Cl.Cl.Cl.Cl.Cl.Cl. The Labute approximate surface area is 452 Å². The van der Waals surface area contributed by atoms with Gasteiger partial charge in [-0.1, -0.05) is 60.7 Å². The molecule has 0 spiro atoms. The molecule has 6 aromatic rings. The van der Waals surface area contributed by atoms with Crippen LogP contribution in [0.1, 0.15) is 60.2 Å². The van der Waals surface area contributed by atoms with E-state index >= 15 is 0 Å². The van der Waals surface area contributed by atoms with Crippen molar-refractivity contribution in [2.24, 2.45) is 32.2 Å². The van der Waals surface area contributed by atoms with Crippen LogP contribution in [0, 0.1) is 0 Å². The Hall–Kier alpha value is -4.97. The van der Waals surface area contributed by atoms with Gasteiger partial charge in [-0.3, -0.25) is 0 Å². The van der Waals surface area contributed by atoms with Gasteiger partial charge in [0.2, 0.25) is 0 Å². The Kier molecular flexibility index (Phi) is 27.6. The molecule has 13 nitrogen and oxygen atoms in total. The number of benzene rings is 5. The molecule has 9 rings (SSSR count). The third-order valence-corrected chi connectivity index (χ3v) is 11.5. The number of halogens is 6. The van der Waals surface area contributed by atoms with Gasteiger partial charge in [0.05, 0.1) is 13.2 Å². The van der Waals surface area contributed by atoms with Crippen LogP contribution in [0.5, 0.6) is 23.0 Å². The van der Waals surface area contributed by atoms with E-state index in [4.69, 9.17) is 36.1 Å². The van der Waals surface area contributed by atoms with Crippen LogP contribution in [-0.2, 0) is 26.2 Å². The van der Waals surface area contributed by atoms with Crippen molar-refractivity contribution in [2.75, 3.05) is 14.2 Å². The third-order valence-electron chi connectivity index (χ3n) is 10.8. The molecule has 0 saturated carbocycles. The van der Waals surface area contributed by atoms with Crippen LogP contribution in [0.2, 0.25) is 0 Å². The number of rotatable bonds is 12.